The SMILES string of the molecule is CCC(Cc1c(C#N)cccc1NC)NC. The Labute approximate surface area is 97.5 Å². The molecule has 0 heterocycles. The molecule has 0 aliphatic heterocycles. The second kappa shape index (κ2) is 6.14. The molecule has 0 bridgehead atoms. The van der Waals surface area contributed by atoms with Crippen molar-refractivity contribution in [3.05, 3.63) is 29.3 Å². The predicted octanol–water partition coefficient (Wildman–Crippen LogP) is 2.14. The zero-order chi connectivity index (χ0) is 12.0. The molecule has 2 N–H and O–H groups in total. The minimum absolute atomic E-state index is 0.418. The van der Waals surface area contributed by atoms with Gasteiger partial charge in [0.25, 0.3) is 0 Å². The molecule has 0 aromatic heterocycles. The third-order valence-electron chi connectivity index (χ3n) is 2.92. The Hall–Kier alpha value is -1.53. The molecule has 3 heteroatoms. The van der Waals surface area contributed by atoms with Gasteiger partial charge in [-0.2, -0.15) is 5.26 Å². The minimum atomic E-state index is 0.418. The molecule has 16 heavy (non-hydrogen) atoms. The average Bonchev–Trinajstić information content (AvgIpc) is 2.35. The lowest BCUT2D eigenvalue weighted by Crippen LogP contribution is -2.27. The molecule has 0 saturated heterocycles. The number of nitrogens with zero attached hydrogens (tertiary/aromatic N) is 1. The molecule has 1 rings (SSSR count). The van der Waals surface area contributed by atoms with E-state index in [2.05, 4.69) is 23.6 Å². The summed E-state index contributed by atoms with van der Waals surface area (Å²) >= 11 is 0. The third kappa shape index (κ3) is 2.74. The zero-order valence-electron chi connectivity index (χ0n) is 10.2. The van der Waals surface area contributed by atoms with E-state index in [0.29, 0.717) is 6.04 Å². The Balaban J connectivity index is 3.04. The molecule has 0 fully saturated rings. The lowest BCUT2D eigenvalue weighted by atomic mass is 9.97. The number of nitriles is 1. The van der Waals surface area contributed by atoms with Crippen molar-refractivity contribution >= 4 is 5.69 Å². The second-order valence-electron chi connectivity index (χ2n) is 3.79. The third-order valence-corrected chi connectivity index (χ3v) is 2.92. The van der Waals surface area contributed by atoms with Gasteiger partial charge in [-0.15, -0.1) is 0 Å². The summed E-state index contributed by atoms with van der Waals surface area (Å²) in [5, 5.41) is 15.5. The van der Waals surface area contributed by atoms with Crippen LogP contribution >= 0.6 is 0 Å². The topological polar surface area (TPSA) is 47.9 Å². The summed E-state index contributed by atoms with van der Waals surface area (Å²) in [6.45, 7) is 2.15. The molecular formula is C13H19N3. The summed E-state index contributed by atoms with van der Waals surface area (Å²) < 4.78 is 0. The molecule has 1 atom stereocenters. The van der Waals surface area contributed by atoms with Crippen LogP contribution in [0.5, 0.6) is 0 Å². The number of nitrogens with one attached hydrogen (secondary N) is 2. The van der Waals surface area contributed by atoms with Crippen molar-refractivity contribution in [1.82, 2.24) is 5.32 Å². The normalized spacial score (nSPS) is 11.9. The van der Waals surface area contributed by atoms with Crippen molar-refractivity contribution in [3.63, 3.8) is 0 Å². The molecule has 1 unspecified atom stereocenters. The summed E-state index contributed by atoms with van der Waals surface area (Å²) in [5.74, 6) is 0. The Kier molecular flexibility index (Phi) is 4.81. The molecular weight excluding hydrogens is 198 g/mol. The molecule has 0 aliphatic carbocycles. The first-order chi connectivity index (χ1) is 7.76. The van der Waals surface area contributed by atoms with Gasteiger partial charge in [0.2, 0.25) is 0 Å². The highest BCUT2D eigenvalue weighted by Crippen LogP contribution is 2.21. The molecule has 0 aliphatic rings. The van der Waals surface area contributed by atoms with Gasteiger partial charge in [0, 0.05) is 18.8 Å². The monoisotopic (exact) mass is 217 g/mol. The summed E-state index contributed by atoms with van der Waals surface area (Å²) in [7, 11) is 3.85. The molecule has 86 valence electrons. The molecule has 0 radical (unpaired) electrons. The molecule has 0 saturated carbocycles. The summed E-state index contributed by atoms with van der Waals surface area (Å²) in [5.41, 5.74) is 2.92. The smallest absolute Gasteiger partial charge is 0.0995 e. The number of likely N-dealkylation sites (N-methyl/N-ethyl adjacent to an activating group) is 1. The van der Waals surface area contributed by atoms with Crippen LogP contribution in [0, 0.1) is 11.3 Å². The van der Waals surface area contributed by atoms with Crippen LogP contribution in [-0.2, 0) is 6.42 Å². The minimum Gasteiger partial charge on any atom is -0.388 e. The van der Waals surface area contributed by atoms with Crippen LogP contribution in [0.1, 0.15) is 24.5 Å². The Bertz CT molecular complexity index is 375. The van der Waals surface area contributed by atoms with Crippen molar-refractivity contribution < 1.29 is 0 Å². The second-order valence-corrected chi connectivity index (χ2v) is 3.79. The van der Waals surface area contributed by atoms with Gasteiger partial charge in [0.1, 0.15) is 0 Å². The maximum absolute atomic E-state index is 9.10. The maximum atomic E-state index is 9.10. The predicted molar refractivity (Wildman–Crippen MR) is 67.5 cm³/mol. The van der Waals surface area contributed by atoms with E-state index in [-0.39, 0.29) is 0 Å². The van der Waals surface area contributed by atoms with Gasteiger partial charge in [0.05, 0.1) is 11.6 Å². The quantitative estimate of drug-likeness (QED) is 0.794. The first kappa shape index (κ1) is 12.5. The van der Waals surface area contributed by atoms with Gasteiger partial charge < -0.3 is 10.6 Å². The molecule has 0 spiro atoms. The molecule has 1 aromatic carbocycles. The van der Waals surface area contributed by atoms with Crippen molar-refractivity contribution in [2.75, 3.05) is 19.4 Å². The van der Waals surface area contributed by atoms with E-state index >= 15 is 0 Å². The van der Waals surface area contributed by atoms with Crippen LogP contribution in [0.15, 0.2) is 18.2 Å². The van der Waals surface area contributed by atoms with Crippen molar-refractivity contribution in [3.8, 4) is 6.07 Å². The van der Waals surface area contributed by atoms with Gasteiger partial charge >= 0.3 is 0 Å². The molecule has 3 nitrogen and oxygen atoms in total. The fourth-order valence-electron chi connectivity index (χ4n) is 1.84. The van der Waals surface area contributed by atoms with Gasteiger partial charge in [-0.05, 0) is 37.6 Å². The highest BCUT2D eigenvalue weighted by molar-refractivity contribution is 5.58. The largest absolute Gasteiger partial charge is 0.388 e. The number of hydrogen-bond donors (Lipinski definition) is 2. The number of benzene rings is 1. The van der Waals surface area contributed by atoms with Crippen LogP contribution in [-0.4, -0.2) is 20.1 Å². The lowest BCUT2D eigenvalue weighted by molar-refractivity contribution is 0.543. The zero-order valence-corrected chi connectivity index (χ0v) is 10.2. The Morgan fingerprint density at radius 1 is 1.38 bits per heavy atom. The van der Waals surface area contributed by atoms with E-state index in [0.717, 1.165) is 29.7 Å². The van der Waals surface area contributed by atoms with Gasteiger partial charge in [0.15, 0.2) is 0 Å². The first-order valence-corrected chi connectivity index (χ1v) is 5.63. The highest BCUT2D eigenvalue weighted by Gasteiger charge is 2.11. The van der Waals surface area contributed by atoms with Crippen molar-refractivity contribution in [1.29, 1.82) is 5.26 Å². The van der Waals surface area contributed by atoms with E-state index in [1.807, 2.05) is 32.3 Å². The van der Waals surface area contributed by atoms with E-state index < -0.39 is 0 Å². The fraction of sp³-hybridized carbons (Fsp3) is 0.462. The first-order valence-electron chi connectivity index (χ1n) is 5.63. The van der Waals surface area contributed by atoms with E-state index in [1.54, 1.807) is 0 Å². The van der Waals surface area contributed by atoms with E-state index in [4.69, 9.17) is 5.26 Å². The van der Waals surface area contributed by atoms with Crippen LogP contribution < -0.4 is 10.6 Å². The van der Waals surface area contributed by atoms with E-state index in [9.17, 15) is 0 Å². The fourth-order valence-corrected chi connectivity index (χ4v) is 1.84. The van der Waals surface area contributed by atoms with Crippen molar-refractivity contribution in [2.45, 2.75) is 25.8 Å². The van der Waals surface area contributed by atoms with Gasteiger partial charge in [-0.3, -0.25) is 0 Å². The summed E-state index contributed by atoms with van der Waals surface area (Å²) in [6.07, 6.45) is 1.94. The molecule has 1 aromatic rings. The highest BCUT2D eigenvalue weighted by atomic mass is 14.9. The Morgan fingerprint density at radius 3 is 2.62 bits per heavy atom. The molecule has 0 amide bonds. The number of rotatable bonds is 5. The number of anilines is 1. The summed E-state index contributed by atoms with van der Waals surface area (Å²) in [4.78, 5) is 0. The Morgan fingerprint density at radius 2 is 2.12 bits per heavy atom. The van der Waals surface area contributed by atoms with Gasteiger partial charge in [-0.25, -0.2) is 0 Å². The van der Waals surface area contributed by atoms with Crippen LogP contribution in [0.2, 0.25) is 0 Å². The lowest BCUT2D eigenvalue weighted by Gasteiger charge is -2.17. The van der Waals surface area contributed by atoms with Crippen molar-refractivity contribution in [2.24, 2.45) is 0 Å². The maximum Gasteiger partial charge on any atom is 0.0995 e. The van der Waals surface area contributed by atoms with E-state index in [1.165, 1.54) is 0 Å². The van der Waals surface area contributed by atoms with Crippen LogP contribution in [0.4, 0.5) is 5.69 Å². The summed E-state index contributed by atoms with van der Waals surface area (Å²) in [6, 6.07) is 8.47. The van der Waals surface area contributed by atoms with Crippen LogP contribution in [0.3, 0.4) is 0 Å². The average molecular weight is 217 g/mol. The number of hydrogen-bond acceptors (Lipinski definition) is 3. The van der Waals surface area contributed by atoms with Gasteiger partial charge in [-0.1, -0.05) is 13.0 Å². The standard InChI is InChI=1S/C13H19N3/c1-4-11(15-2)8-12-10(9-14)6-5-7-13(12)16-3/h5-7,11,15-16H,4,8H2,1-3H3. The van der Waals surface area contributed by atoms with Crippen LogP contribution in [0.25, 0.3) is 0 Å².